The minimum atomic E-state index is -0.538. The van der Waals surface area contributed by atoms with Gasteiger partial charge >= 0.3 is 12.1 Å². The molecule has 1 amide bonds. The van der Waals surface area contributed by atoms with Crippen LogP contribution in [0, 0.1) is 0 Å². The van der Waals surface area contributed by atoms with E-state index in [9.17, 15) is 9.59 Å². The number of alkyl carbamates (subject to hydrolysis) is 1. The standard InChI is InChI=1S/C12H19NO4/c1-8(14)16-10-7-5-6-9(10)13-11(15)17-12(2,3)4/h5-6,9-10H,7H2,1-4H3,(H,13,15)/t9-,10-/m1/s1. The second kappa shape index (κ2) is 5.21. The Morgan fingerprint density at radius 3 is 2.53 bits per heavy atom. The van der Waals surface area contributed by atoms with Gasteiger partial charge in [-0.15, -0.1) is 0 Å². The summed E-state index contributed by atoms with van der Waals surface area (Å²) in [6.07, 6.45) is 3.44. The van der Waals surface area contributed by atoms with Gasteiger partial charge in [-0.05, 0) is 20.8 Å². The van der Waals surface area contributed by atoms with E-state index in [1.54, 1.807) is 26.8 Å². The first-order chi connectivity index (χ1) is 7.78. The summed E-state index contributed by atoms with van der Waals surface area (Å²) in [6, 6.07) is -0.311. The molecule has 0 saturated heterocycles. The van der Waals surface area contributed by atoms with Crippen LogP contribution >= 0.6 is 0 Å². The predicted molar refractivity (Wildman–Crippen MR) is 62.5 cm³/mol. The maximum Gasteiger partial charge on any atom is 0.408 e. The Morgan fingerprint density at radius 2 is 2.00 bits per heavy atom. The number of carbonyl (C=O) groups is 2. The van der Waals surface area contributed by atoms with E-state index in [1.165, 1.54) is 6.92 Å². The maximum absolute atomic E-state index is 11.5. The molecule has 0 aromatic heterocycles. The van der Waals surface area contributed by atoms with Crippen LogP contribution in [0.3, 0.4) is 0 Å². The third-order valence-electron chi connectivity index (χ3n) is 2.11. The molecule has 0 aromatic carbocycles. The Bertz CT molecular complexity index is 330. The van der Waals surface area contributed by atoms with Gasteiger partial charge in [-0.25, -0.2) is 4.79 Å². The van der Waals surface area contributed by atoms with Crippen molar-refractivity contribution < 1.29 is 19.1 Å². The fourth-order valence-corrected chi connectivity index (χ4v) is 1.55. The van der Waals surface area contributed by atoms with Gasteiger partial charge in [0.2, 0.25) is 0 Å². The number of rotatable bonds is 2. The zero-order valence-electron chi connectivity index (χ0n) is 10.6. The second-order valence-electron chi connectivity index (χ2n) is 4.98. The maximum atomic E-state index is 11.5. The van der Waals surface area contributed by atoms with Gasteiger partial charge in [0.15, 0.2) is 0 Å². The number of hydrogen-bond acceptors (Lipinski definition) is 4. The molecule has 1 N–H and O–H groups in total. The first-order valence-corrected chi connectivity index (χ1v) is 5.61. The van der Waals surface area contributed by atoms with Crippen LogP contribution in [-0.4, -0.2) is 29.8 Å². The Labute approximate surface area is 101 Å². The molecule has 0 unspecified atom stereocenters. The largest absolute Gasteiger partial charge is 0.460 e. The number of esters is 1. The van der Waals surface area contributed by atoms with Gasteiger partial charge in [-0.1, -0.05) is 12.2 Å². The van der Waals surface area contributed by atoms with E-state index in [0.29, 0.717) is 6.42 Å². The summed E-state index contributed by atoms with van der Waals surface area (Å²) in [6.45, 7) is 6.73. The van der Waals surface area contributed by atoms with Gasteiger partial charge in [0.1, 0.15) is 11.7 Å². The van der Waals surface area contributed by atoms with E-state index < -0.39 is 11.7 Å². The van der Waals surface area contributed by atoms with E-state index in [1.807, 2.05) is 6.08 Å². The van der Waals surface area contributed by atoms with Crippen molar-refractivity contribution in [3.8, 4) is 0 Å². The van der Waals surface area contributed by atoms with Crippen LogP contribution in [0.1, 0.15) is 34.1 Å². The van der Waals surface area contributed by atoms with Crippen molar-refractivity contribution in [2.24, 2.45) is 0 Å². The van der Waals surface area contributed by atoms with E-state index in [-0.39, 0.29) is 18.1 Å². The highest BCUT2D eigenvalue weighted by Crippen LogP contribution is 2.16. The third kappa shape index (κ3) is 4.89. The molecule has 96 valence electrons. The van der Waals surface area contributed by atoms with Crippen LogP contribution in [-0.2, 0) is 14.3 Å². The minimum Gasteiger partial charge on any atom is -0.460 e. The average molecular weight is 241 g/mol. The molecular weight excluding hydrogens is 222 g/mol. The van der Waals surface area contributed by atoms with Gasteiger partial charge in [-0.3, -0.25) is 4.79 Å². The molecule has 5 heteroatoms. The highest BCUT2D eigenvalue weighted by atomic mass is 16.6. The van der Waals surface area contributed by atoms with Crippen LogP contribution in [0.2, 0.25) is 0 Å². The summed E-state index contributed by atoms with van der Waals surface area (Å²) >= 11 is 0. The molecule has 5 nitrogen and oxygen atoms in total. The number of amides is 1. The zero-order valence-corrected chi connectivity index (χ0v) is 10.6. The summed E-state index contributed by atoms with van der Waals surface area (Å²) in [5.41, 5.74) is -0.538. The fourth-order valence-electron chi connectivity index (χ4n) is 1.55. The van der Waals surface area contributed by atoms with Gasteiger partial charge in [0.25, 0.3) is 0 Å². The molecule has 0 aromatic rings. The lowest BCUT2D eigenvalue weighted by Crippen LogP contribution is -2.43. The molecule has 0 saturated carbocycles. The summed E-state index contributed by atoms with van der Waals surface area (Å²) < 4.78 is 10.2. The van der Waals surface area contributed by atoms with E-state index in [0.717, 1.165) is 0 Å². The van der Waals surface area contributed by atoms with Crippen LogP contribution in [0.25, 0.3) is 0 Å². The molecular formula is C12H19NO4. The van der Waals surface area contributed by atoms with Crippen molar-refractivity contribution in [1.82, 2.24) is 5.32 Å². The minimum absolute atomic E-state index is 0.311. The molecule has 0 aliphatic heterocycles. The third-order valence-corrected chi connectivity index (χ3v) is 2.11. The van der Waals surface area contributed by atoms with Crippen LogP contribution < -0.4 is 5.32 Å². The zero-order chi connectivity index (χ0) is 13.1. The predicted octanol–water partition coefficient (Wildman–Crippen LogP) is 1.77. The molecule has 1 aliphatic rings. The second-order valence-corrected chi connectivity index (χ2v) is 4.98. The topological polar surface area (TPSA) is 64.6 Å². The summed E-state index contributed by atoms with van der Waals surface area (Å²) in [7, 11) is 0. The van der Waals surface area contributed by atoms with Crippen molar-refractivity contribution in [2.45, 2.75) is 51.9 Å². The van der Waals surface area contributed by atoms with Crippen LogP contribution in [0.4, 0.5) is 4.79 Å². The lowest BCUT2D eigenvalue weighted by Gasteiger charge is -2.24. The molecule has 17 heavy (non-hydrogen) atoms. The smallest absolute Gasteiger partial charge is 0.408 e. The van der Waals surface area contributed by atoms with Gasteiger partial charge in [-0.2, -0.15) is 0 Å². The quantitative estimate of drug-likeness (QED) is 0.591. The molecule has 0 radical (unpaired) electrons. The summed E-state index contributed by atoms with van der Waals surface area (Å²) in [5.74, 6) is -0.352. The van der Waals surface area contributed by atoms with Crippen molar-refractivity contribution in [3.05, 3.63) is 12.2 Å². The molecule has 0 bridgehead atoms. The fraction of sp³-hybridized carbons (Fsp3) is 0.667. The summed E-state index contributed by atoms with van der Waals surface area (Å²) in [5, 5.41) is 2.67. The van der Waals surface area contributed by atoms with Crippen LogP contribution in [0.5, 0.6) is 0 Å². The summed E-state index contributed by atoms with van der Waals surface area (Å²) in [4.78, 5) is 22.4. The first-order valence-electron chi connectivity index (χ1n) is 5.61. The van der Waals surface area contributed by atoms with Crippen molar-refractivity contribution in [3.63, 3.8) is 0 Å². The van der Waals surface area contributed by atoms with Crippen molar-refractivity contribution >= 4 is 12.1 Å². The first kappa shape index (κ1) is 13.5. The number of carbonyl (C=O) groups excluding carboxylic acids is 2. The van der Waals surface area contributed by atoms with E-state index in [4.69, 9.17) is 9.47 Å². The number of hydrogen-bond donors (Lipinski definition) is 1. The Balaban J connectivity index is 2.47. The molecule has 0 fully saturated rings. The molecule has 0 heterocycles. The lowest BCUT2D eigenvalue weighted by molar-refractivity contribution is -0.146. The van der Waals surface area contributed by atoms with Gasteiger partial charge < -0.3 is 14.8 Å². The SMILES string of the molecule is CC(=O)O[C@@H]1CC=C[C@H]1NC(=O)OC(C)(C)C. The average Bonchev–Trinajstić information content (AvgIpc) is 2.47. The van der Waals surface area contributed by atoms with Gasteiger partial charge in [0.05, 0.1) is 6.04 Å². The highest BCUT2D eigenvalue weighted by molar-refractivity contribution is 5.69. The molecule has 2 atom stereocenters. The highest BCUT2D eigenvalue weighted by Gasteiger charge is 2.28. The monoisotopic (exact) mass is 241 g/mol. The molecule has 1 aliphatic carbocycles. The lowest BCUT2D eigenvalue weighted by atomic mass is 10.2. The Morgan fingerprint density at radius 1 is 1.35 bits per heavy atom. The Hall–Kier alpha value is -1.52. The van der Waals surface area contributed by atoms with Crippen LogP contribution in [0.15, 0.2) is 12.2 Å². The van der Waals surface area contributed by atoms with Crippen molar-refractivity contribution in [2.75, 3.05) is 0 Å². The van der Waals surface area contributed by atoms with Crippen molar-refractivity contribution in [1.29, 1.82) is 0 Å². The molecule has 1 rings (SSSR count). The van der Waals surface area contributed by atoms with E-state index in [2.05, 4.69) is 5.32 Å². The number of nitrogens with one attached hydrogen (secondary N) is 1. The van der Waals surface area contributed by atoms with E-state index >= 15 is 0 Å². The number of ether oxygens (including phenoxy) is 2. The molecule has 0 spiro atoms. The normalized spacial score (nSPS) is 23.3. The van der Waals surface area contributed by atoms with Gasteiger partial charge in [0, 0.05) is 13.3 Å². The Kier molecular flexibility index (Phi) is 4.15.